The second-order valence-electron chi connectivity index (χ2n) is 12.9. The Hall–Kier alpha value is -7.22. The first-order valence-electron chi connectivity index (χ1n) is 18.0. The molecule has 0 aliphatic carbocycles. The van der Waals surface area contributed by atoms with E-state index in [0.29, 0.717) is 0 Å². The molecule has 5 aromatic heterocycles. The number of hydrogen-bond acceptors (Lipinski definition) is 7. The summed E-state index contributed by atoms with van der Waals surface area (Å²) in [4.78, 5) is 24.2. The van der Waals surface area contributed by atoms with Gasteiger partial charge in [0.25, 0.3) is 0 Å². The summed E-state index contributed by atoms with van der Waals surface area (Å²) in [6, 6.07) is 55.4. The van der Waals surface area contributed by atoms with E-state index in [2.05, 4.69) is 151 Å². The van der Waals surface area contributed by atoms with Crippen molar-refractivity contribution in [2.75, 3.05) is 9.80 Å². The third-order valence-electron chi connectivity index (χ3n) is 9.47. The van der Waals surface area contributed by atoms with E-state index in [1.54, 1.807) is 23.7 Å². The van der Waals surface area contributed by atoms with Crippen LogP contribution < -0.4 is 9.80 Å². The zero-order chi connectivity index (χ0) is 36.8. The van der Waals surface area contributed by atoms with Gasteiger partial charge in [-0.1, -0.05) is 48.5 Å². The molecule has 0 fully saturated rings. The van der Waals surface area contributed by atoms with Gasteiger partial charge in [-0.2, -0.15) is 0 Å². The van der Waals surface area contributed by atoms with Gasteiger partial charge in [-0.15, -0.1) is 11.3 Å². The van der Waals surface area contributed by atoms with Crippen LogP contribution in [0.3, 0.4) is 0 Å². The molecular weight excluding hydrogens is 693 g/mol. The molecule has 7 heteroatoms. The fraction of sp³-hybridized carbons (Fsp3) is 0. The van der Waals surface area contributed by atoms with Crippen molar-refractivity contribution in [3.8, 4) is 43.1 Å². The molecule has 0 aliphatic heterocycles. The summed E-state index contributed by atoms with van der Waals surface area (Å²) in [6.45, 7) is 0. The molecular formula is C48H34N6S. The summed E-state index contributed by atoms with van der Waals surface area (Å²) in [5, 5.41) is 0. The van der Waals surface area contributed by atoms with E-state index in [1.807, 2.05) is 73.6 Å². The minimum atomic E-state index is 0.993. The average molecular weight is 727 g/mol. The number of rotatable bonds is 10. The van der Waals surface area contributed by atoms with Crippen LogP contribution in [0.15, 0.2) is 207 Å². The van der Waals surface area contributed by atoms with Crippen molar-refractivity contribution in [2.45, 2.75) is 0 Å². The molecule has 0 saturated carbocycles. The molecule has 0 atom stereocenters. The largest absolute Gasteiger partial charge is 0.309 e. The van der Waals surface area contributed by atoms with Gasteiger partial charge in [0.1, 0.15) is 0 Å². The van der Waals surface area contributed by atoms with Crippen LogP contribution in [-0.2, 0) is 0 Å². The Morgan fingerprint density at radius 2 is 0.709 bits per heavy atom. The molecule has 0 amide bonds. The van der Waals surface area contributed by atoms with Crippen LogP contribution in [0.25, 0.3) is 43.1 Å². The molecule has 0 spiro atoms. The molecule has 5 heterocycles. The number of pyridine rings is 4. The lowest BCUT2D eigenvalue weighted by Crippen LogP contribution is -2.10. The minimum Gasteiger partial charge on any atom is -0.309 e. The SMILES string of the molecule is c1cncc(N(c2ccc(-c3ccc(-c4ccc(N(c5cccnc5)c5cccc(-c6ccncc6)c5)cc4)s3)cc2)c2cccc(-c3ccncc3)c2)c1. The lowest BCUT2D eigenvalue weighted by molar-refractivity contribution is 1.23. The van der Waals surface area contributed by atoms with Crippen molar-refractivity contribution in [1.82, 2.24) is 19.9 Å². The maximum Gasteiger partial charge on any atom is 0.0644 e. The highest BCUT2D eigenvalue weighted by Gasteiger charge is 2.16. The van der Waals surface area contributed by atoms with Gasteiger partial charge in [0.15, 0.2) is 0 Å². The number of benzene rings is 4. The lowest BCUT2D eigenvalue weighted by atomic mass is 10.1. The van der Waals surface area contributed by atoms with Crippen molar-refractivity contribution in [1.29, 1.82) is 0 Å². The zero-order valence-corrected chi connectivity index (χ0v) is 30.5. The molecule has 0 saturated heterocycles. The van der Waals surface area contributed by atoms with E-state index in [9.17, 15) is 0 Å². The molecule has 55 heavy (non-hydrogen) atoms. The van der Waals surface area contributed by atoms with Gasteiger partial charge >= 0.3 is 0 Å². The van der Waals surface area contributed by atoms with Crippen molar-refractivity contribution in [2.24, 2.45) is 0 Å². The molecule has 262 valence electrons. The topological polar surface area (TPSA) is 58.0 Å². The van der Waals surface area contributed by atoms with Gasteiger partial charge in [0.2, 0.25) is 0 Å². The van der Waals surface area contributed by atoms with Crippen LogP contribution in [-0.4, -0.2) is 19.9 Å². The van der Waals surface area contributed by atoms with E-state index < -0.39 is 0 Å². The van der Waals surface area contributed by atoms with Crippen molar-refractivity contribution < 1.29 is 0 Å². The predicted octanol–water partition coefficient (Wildman–Crippen LogP) is 12.9. The summed E-state index contributed by atoms with van der Waals surface area (Å²) in [6.07, 6.45) is 14.7. The highest BCUT2D eigenvalue weighted by Crippen LogP contribution is 2.41. The standard InChI is InChI=1S/C48H34N6S/c1-5-39(35-21-27-49-28-22-35)31-43(7-1)53(45-9-3-25-51-33-45)41-15-11-37(12-16-41)47-19-20-48(55-47)38-13-17-42(18-14-38)54(46-10-4-26-52-34-46)44-8-2-6-40(32-44)36-23-29-50-30-24-36/h1-34H. The van der Waals surface area contributed by atoms with Gasteiger partial charge in [0, 0.05) is 69.7 Å². The summed E-state index contributed by atoms with van der Waals surface area (Å²) >= 11 is 1.79. The normalized spacial score (nSPS) is 10.9. The van der Waals surface area contributed by atoms with Crippen LogP contribution in [0.4, 0.5) is 34.1 Å². The Kier molecular flexibility index (Phi) is 9.41. The number of anilines is 6. The number of nitrogens with zero attached hydrogens (tertiary/aromatic N) is 6. The molecule has 0 N–H and O–H groups in total. The fourth-order valence-electron chi connectivity index (χ4n) is 6.80. The van der Waals surface area contributed by atoms with Crippen LogP contribution in [0.5, 0.6) is 0 Å². The zero-order valence-electron chi connectivity index (χ0n) is 29.7. The van der Waals surface area contributed by atoms with Gasteiger partial charge in [-0.05, 0) is 143 Å². The predicted molar refractivity (Wildman–Crippen MR) is 227 cm³/mol. The Balaban J connectivity index is 0.988. The van der Waals surface area contributed by atoms with Crippen LogP contribution in [0, 0.1) is 0 Å². The van der Waals surface area contributed by atoms with Crippen LogP contribution >= 0.6 is 11.3 Å². The second-order valence-corrected chi connectivity index (χ2v) is 14.0. The molecule has 0 unspecified atom stereocenters. The maximum absolute atomic E-state index is 4.44. The van der Waals surface area contributed by atoms with Crippen molar-refractivity contribution in [3.63, 3.8) is 0 Å². The lowest BCUT2D eigenvalue weighted by Gasteiger charge is -2.25. The third-order valence-corrected chi connectivity index (χ3v) is 10.7. The highest BCUT2D eigenvalue weighted by molar-refractivity contribution is 7.18. The molecule has 4 aromatic carbocycles. The summed E-state index contributed by atoms with van der Waals surface area (Å²) in [5.41, 5.74) is 13.1. The van der Waals surface area contributed by atoms with Crippen molar-refractivity contribution in [3.05, 3.63) is 207 Å². The molecule has 0 aliphatic rings. The fourth-order valence-corrected chi connectivity index (χ4v) is 7.82. The van der Waals surface area contributed by atoms with Gasteiger partial charge in [-0.3, -0.25) is 19.9 Å². The van der Waals surface area contributed by atoms with E-state index in [4.69, 9.17) is 0 Å². The Morgan fingerprint density at radius 3 is 1.11 bits per heavy atom. The van der Waals surface area contributed by atoms with Crippen LogP contribution in [0.1, 0.15) is 0 Å². The van der Waals surface area contributed by atoms with E-state index in [1.165, 1.54) is 20.9 Å². The summed E-state index contributed by atoms with van der Waals surface area (Å²) in [7, 11) is 0. The first kappa shape index (κ1) is 33.6. The van der Waals surface area contributed by atoms with E-state index in [0.717, 1.165) is 56.4 Å². The summed E-state index contributed by atoms with van der Waals surface area (Å²) < 4.78 is 0. The molecule has 0 bridgehead atoms. The van der Waals surface area contributed by atoms with Gasteiger partial charge < -0.3 is 9.80 Å². The quantitative estimate of drug-likeness (QED) is 0.140. The molecule has 6 nitrogen and oxygen atoms in total. The Bertz CT molecular complexity index is 2450. The van der Waals surface area contributed by atoms with E-state index >= 15 is 0 Å². The summed E-state index contributed by atoms with van der Waals surface area (Å²) in [5.74, 6) is 0. The highest BCUT2D eigenvalue weighted by atomic mass is 32.1. The van der Waals surface area contributed by atoms with E-state index in [-0.39, 0.29) is 0 Å². The first-order valence-corrected chi connectivity index (χ1v) is 18.8. The van der Waals surface area contributed by atoms with Gasteiger partial charge in [-0.25, -0.2) is 0 Å². The average Bonchev–Trinajstić information content (AvgIpc) is 3.77. The maximum atomic E-state index is 4.44. The second kappa shape index (κ2) is 15.4. The Morgan fingerprint density at radius 1 is 0.291 bits per heavy atom. The van der Waals surface area contributed by atoms with Crippen molar-refractivity contribution >= 4 is 45.5 Å². The minimum absolute atomic E-state index is 0.993. The molecule has 9 rings (SSSR count). The monoisotopic (exact) mass is 726 g/mol. The van der Waals surface area contributed by atoms with Gasteiger partial charge in [0.05, 0.1) is 23.8 Å². The third kappa shape index (κ3) is 7.25. The number of aromatic nitrogens is 4. The molecule has 9 aromatic rings. The number of hydrogen-bond donors (Lipinski definition) is 0. The molecule has 0 radical (unpaired) electrons. The first-order chi connectivity index (χ1) is 27.3. The number of thiophene rings is 1. The Labute approximate surface area is 324 Å². The smallest absolute Gasteiger partial charge is 0.0644 e. The van der Waals surface area contributed by atoms with Crippen LogP contribution in [0.2, 0.25) is 0 Å².